The van der Waals surface area contributed by atoms with E-state index in [4.69, 9.17) is 9.47 Å². The first-order valence-corrected chi connectivity index (χ1v) is 8.99. The highest BCUT2D eigenvalue weighted by Gasteiger charge is 2.23. The van der Waals surface area contributed by atoms with Crippen molar-refractivity contribution in [2.75, 3.05) is 19.8 Å². The first-order chi connectivity index (χ1) is 12.3. The topological polar surface area (TPSA) is 50.4 Å². The molecular weight excluding hydrogens is 321 g/mol. The summed E-state index contributed by atoms with van der Waals surface area (Å²) in [5, 5.41) is 7.66. The van der Waals surface area contributed by atoms with Gasteiger partial charge < -0.3 is 9.47 Å². The van der Waals surface area contributed by atoms with Crippen molar-refractivity contribution in [3.63, 3.8) is 0 Å². The third kappa shape index (κ3) is 4.08. The van der Waals surface area contributed by atoms with Crippen molar-refractivity contribution in [2.24, 2.45) is 0 Å². The van der Waals surface area contributed by atoms with Crippen LogP contribution in [0.3, 0.4) is 0 Å². The lowest BCUT2D eigenvalue weighted by atomic mass is 10.1. The number of fused-ring (bicyclic) bond motifs is 1. The highest BCUT2D eigenvalue weighted by Crippen LogP contribution is 2.22. The average Bonchev–Trinajstić information content (AvgIpc) is 3.25. The van der Waals surface area contributed by atoms with Gasteiger partial charge in [0.25, 0.3) is 0 Å². The Kier molecular flexibility index (Phi) is 5.10. The van der Waals surface area contributed by atoms with Gasteiger partial charge in [-0.3, -0.25) is 10.00 Å². The van der Waals surface area contributed by atoms with Gasteiger partial charge in [-0.15, -0.1) is 0 Å². The molecule has 25 heavy (non-hydrogen) atoms. The summed E-state index contributed by atoms with van der Waals surface area (Å²) in [4.78, 5) is 2.30. The standard InChI is InChI=1S/C19H24FN3O2/c20-15-4-1-3-14(9-15)10-23(11-16-5-2-7-25-16)12-19-17-13-24-8-6-18(17)21-22-19/h1,3-4,9,16H,2,5-8,10-13H2,(H,21,22). The zero-order valence-electron chi connectivity index (χ0n) is 14.3. The summed E-state index contributed by atoms with van der Waals surface area (Å²) < 4.78 is 24.9. The third-order valence-corrected chi connectivity index (χ3v) is 4.94. The Hall–Kier alpha value is -1.76. The van der Waals surface area contributed by atoms with Crippen LogP contribution in [0.15, 0.2) is 24.3 Å². The first-order valence-electron chi connectivity index (χ1n) is 8.99. The highest BCUT2D eigenvalue weighted by molar-refractivity contribution is 5.26. The van der Waals surface area contributed by atoms with Crippen LogP contribution in [0.4, 0.5) is 4.39 Å². The number of aromatic amines is 1. The lowest BCUT2D eigenvalue weighted by molar-refractivity contribution is 0.0666. The van der Waals surface area contributed by atoms with Crippen LogP contribution in [-0.4, -0.2) is 41.0 Å². The summed E-state index contributed by atoms with van der Waals surface area (Å²) in [6, 6.07) is 6.81. The second-order valence-electron chi connectivity index (χ2n) is 6.86. The number of halogens is 1. The van der Waals surface area contributed by atoms with Crippen molar-refractivity contribution in [1.82, 2.24) is 15.1 Å². The molecule has 0 amide bonds. The normalized spacial score (nSPS) is 20.2. The Morgan fingerprint density at radius 2 is 2.24 bits per heavy atom. The molecule has 5 nitrogen and oxygen atoms in total. The maximum Gasteiger partial charge on any atom is 0.123 e. The van der Waals surface area contributed by atoms with Crippen molar-refractivity contribution in [1.29, 1.82) is 0 Å². The van der Waals surface area contributed by atoms with Gasteiger partial charge in [-0.2, -0.15) is 5.10 Å². The van der Waals surface area contributed by atoms with E-state index in [9.17, 15) is 4.39 Å². The molecule has 4 rings (SSSR count). The van der Waals surface area contributed by atoms with E-state index in [0.29, 0.717) is 19.7 Å². The van der Waals surface area contributed by atoms with E-state index in [2.05, 4.69) is 15.1 Å². The molecule has 0 radical (unpaired) electrons. The number of nitrogens with zero attached hydrogens (tertiary/aromatic N) is 2. The Morgan fingerprint density at radius 1 is 1.28 bits per heavy atom. The predicted octanol–water partition coefficient (Wildman–Crippen LogP) is 2.80. The monoisotopic (exact) mass is 345 g/mol. The van der Waals surface area contributed by atoms with Gasteiger partial charge in [-0.05, 0) is 30.5 Å². The quantitative estimate of drug-likeness (QED) is 0.875. The van der Waals surface area contributed by atoms with Gasteiger partial charge in [-0.1, -0.05) is 12.1 Å². The first kappa shape index (κ1) is 16.7. The fraction of sp³-hybridized carbons (Fsp3) is 0.526. The SMILES string of the molecule is Fc1cccc(CN(Cc2n[nH]c3c2COCC3)CC2CCCO2)c1. The van der Waals surface area contributed by atoms with Crippen LogP contribution in [-0.2, 0) is 35.6 Å². The summed E-state index contributed by atoms with van der Waals surface area (Å²) in [5.41, 5.74) is 4.37. The van der Waals surface area contributed by atoms with Crippen LogP contribution in [0.5, 0.6) is 0 Å². The van der Waals surface area contributed by atoms with Crippen LogP contribution in [0.25, 0.3) is 0 Å². The van der Waals surface area contributed by atoms with Gasteiger partial charge in [0, 0.05) is 43.9 Å². The molecule has 134 valence electrons. The number of hydrogen-bond acceptors (Lipinski definition) is 4. The van der Waals surface area contributed by atoms with Gasteiger partial charge >= 0.3 is 0 Å². The molecule has 1 saturated heterocycles. The molecule has 1 N–H and O–H groups in total. The minimum absolute atomic E-state index is 0.194. The van der Waals surface area contributed by atoms with E-state index in [0.717, 1.165) is 50.3 Å². The van der Waals surface area contributed by atoms with Crippen LogP contribution in [0, 0.1) is 5.82 Å². The number of aromatic nitrogens is 2. The molecule has 0 spiro atoms. The van der Waals surface area contributed by atoms with Crippen molar-refractivity contribution in [3.8, 4) is 0 Å². The van der Waals surface area contributed by atoms with Crippen molar-refractivity contribution in [3.05, 3.63) is 52.6 Å². The molecule has 0 aliphatic carbocycles. The molecule has 3 heterocycles. The zero-order chi connectivity index (χ0) is 17.1. The number of ether oxygens (including phenoxy) is 2. The highest BCUT2D eigenvalue weighted by atomic mass is 19.1. The molecule has 1 atom stereocenters. The van der Waals surface area contributed by atoms with E-state index in [1.54, 1.807) is 12.1 Å². The molecule has 1 aromatic carbocycles. The molecular formula is C19H24FN3O2. The third-order valence-electron chi connectivity index (χ3n) is 4.94. The van der Waals surface area contributed by atoms with Crippen LogP contribution in [0.2, 0.25) is 0 Å². The number of rotatable bonds is 6. The molecule has 0 saturated carbocycles. The van der Waals surface area contributed by atoms with Crippen LogP contribution >= 0.6 is 0 Å². The second kappa shape index (κ2) is 7.64. The summed E-state index contributed by atoms with van der Waals surface area (Å²) in [5.74, 6) is -0.194. The number of nitrogens with one attached hydrogen (secondary N) is 1. The van der Waals surface area contributed by atoms with Gasteiger partial charge in [0.1, 0.15) is 5.82 Å². The largest absolute Gasteiger partial charge is 0.377 e. The van der Waals surface area contributed by atoms with Gasteiger partial charge in [0.2, 0.25) is 0 Å². The maximum absolute atomic E-state index is 13.5. The minimum atomic E-state index is -0.194. The number of hydrogen-bond donors (Lipinski definition) is 1. The molecule has 0 bridgehead atoms. The summed E-state index contributed by atoms with van der Waals surface area (Å²) in [6.07, 6.45) is 3.34. The zero-order valence-corrected chi connectivity index (χ0v) is 14.3. The predicted molar refractivity (Wildman–Crippen MR) is 91.4 cm³/mol. The minimum Gasteiger partial charge on any atom is -0.377 e. The molecule has 1 unspecified atom stereocenters. The van der Waals surface area contributed by atoms with E-state index in [1.807, 2.05) is 6.07 Å². The van der Waals surface area contributed by atoms with Crippen LogP contribution < -0.4 is 0 Å². The Balaban J connectivity index is 1.51. The summed E-state index contributed by atoms with van der Waals surface area (Å²) in [7, 11) is 0. The molecule has 1 fully saturated rings. The Bertz CT molecular complexity index is 712. The van der Waals surface area contributed by atoms with E-state index < -0.39 is 0 Å². The van der Waals surface area contributed by atoms with Crippen LogP contribution in [0.1, 0.15) is 35.4 Å². The van der Waals surface area contributed by atoms with Gasteiger partial charge in [-0.25, -0.2) is 4.39 Å². The molecule has 2 aliphatic heterocycles. The fourth-order valence-corrected chi connectivity index (χ4v) is 3.67. The van der Waals surface area contributed by atoms with E-state index in [1.165, 1.54) is 17.3 Å². The second-order valence-corrected chi connectivity index (χ2v) is 6.86. The average molecular weight is 345 g/mol. The number of H-pyrrole nitrogens is 1. The van der Waals surface area contributed by atoms with E-state index in [-0.39, 0.29) is 11.9 Å². The summed E-state index contributed by atoms with van der Waals surface area (Å²) >= 11 is 0. The molecule has 6 heteroatoms. The Labute approximate surface area is 147 Å². The van der Waals surface area contributed by atoms with Crippen molar-refractivity contribution in [2.45, 2.75) is 45.1 Å². The lowest BCUT2D eigenvalue weighted by Gasteiger charge is -2.25. The van der Waals surface area contributed by atoms with Crippen molar-refractivity contribution < 1.29 is 13.9 Å². The maximum atomic E-state index is 13.5. The molecule has 2 aliphatic rings. The molecule has 2 aromatic rings. The lowest BCUT2D eigenvalue weighted by Crippen LogP contribution is -2.32. The smallest absolute Gasteiger partial charge is 0.123 e. The van der Waals surface area contributed by atoms with Gasteiger partial charge in [0.15, 0.2) is 0 Å². The number of benzene rings is 1. The fourth-order valence-electron chi connectivity index (χ4n) is 3.67. The summed E-state index contributed by atoms with van der Waals surface area (Å²) in [6.45, 7) is 4.43. The molecule has 1 aromatic heterocycles. The van der Waals surface area contributed by atoms with Crippen molar-refractivity contribution >= 4 is 0 Å². The Morgan fingerprint density at radius 3 is 3.08 bits per heavy atom. The van der Waals surface area contributed by atoms with Gasteiger partial charge in [0.05, 0.1) is 25.0 Å². The van der Waals surface area contributed by atoms with E-state index >= 15 is 0 Å².